The summed E-state index contributed by atoms with van der Waals surface area (Å²) in [4.78, 5) is 14.6. The summed E-state index contributed by atoms with van der Waals surface area (Å²) in [6, 6.07) is 6.12. The molecule has 0 radical (unpaired) electrons. The molecule has 0 aliphatic carbocycles. The van der Waals surface area contributed by atoms with Crippen LogP contribution < -0.4 is 12.4 Å². The summed E-state index contributed by atoms with van der Waals surface area (Å²) in [6.45, 7) is 2.86. The van der Waals surface area contributed by atoms with Gasteiger partial charge in [0.05, 0.1) is 12.2 Å². The second-order valence-electron chi connectivity index (χ2n) is 6.11. The molecule has 2 fully saturated rings. The molecule has 22 heavy (non-hydrogen) atoms. The second-order valence-corrected chi connectivity index (χ2v) is 6.11. The van der Waals surface area contributed by atoms with Gasteiger partial charge >= 0.3 is 5.97 Å². The molecule has 0 N–H and O–H groups in total. The van der Waals surface area contributed by atoms with Crippen LogP contribution >= 0.6 is 0 Å². The Balaban J connectivity index is 0.00000176. The fourth-order valence-corrected chi connectivity index (χ4v) is 3.62. The van der Waals surface area contributed by atoms with E-state index in [-0.39, 0.29) is 24.2 Å². The van der Waals surface area contributed by atoms with E-state index >= 15 is 0 Å². The zero-order valence-electron chi connectivity index (χ0n) is 12.6. The van der Waals surface area contributed by atoms with Crippen LogP contribution in [-0.2, 0) is 4.74 Å². The summed E-state index contributed by atoms with van der Waals surface area (Å²) >= 11 is 0. The molecule has 2 aliphatic heterocycles. The maximum atomic E-state index is 12.9. The predicted octanol–water partition coefficient (Wildman–Crippen LogP) is 0.251. The van der Waals surface area contributed by atoms with Gasteiger partial charge in [0.15, 0.2) is 0 Å². The number of benzene rings is 1. The Bertz CT molecular complexity index is 492. The number of fused-ring (bicyclic) bond motifs is 1. The van der Waals surface area contributed by atoms with Gasteiger partial charge in [-0.1, -0.05) is 6.42 Å². The Hall–Kier alpha value is -1.13. The van der Waals surface area contributed by atoms with E-state index in [1.807, 2.05) is 0 Å². The fourth-order valence-electron chi connectivity index (χ4n) is 3.62. The minimum atomic E-state index is -0.345. The van der Waals surface area contributed by atoms with Crippen LogP contribution in [0.5, 0.6) is 0 Å². The molecule has 0 bridgehead atoms. The van der Waals surface area contributed by atoms with Gasteiger partial charge in [-0.2, -0.15) is 0 Å². The molecule has 3 rings (SSSR count). The number of ether oxygens (including phenoxy) is 1. The first-order valence-electron chi connectivity index (χ1n) is 7.91. The molecule has 1 aromatic rings. The maximum absolute atomic E-state index is 12.9. The first-order chi connectivity index (χ1) is 10.2. The van der Waals surface area contributed by atoms with Crippen LogP contribution in [0, 0.1) is 11.7 Å². The van der Waals surface area contributed by atoms with Crippen molar-refractivity contribution in [3.05, 3.63) is 35.6 Å². The van der Waals surface area contributed by atoms with E-state index in [0.29, 0.717) is 24.1 Å². The Labute approximate surface area is 137 Å². The molecule has 5 heteroatoms. The van der Waals surface area contributed by atoms with Crippen molar-refractivity contribution in [3.8, 4) is 0 Å². The van der Waals surface area contributed by atoms with E-state index < -0.39 is 0 Å². The monoisotopic (exact) mass is 326 g/mol. The molecule has 2 heterocycles. The Kier molecular flexibility index (Phi) is 6.21. The summed E-state index contributed by atoms with van der Waals surface area (Å²) in [7, 11) is 0. The summed E-state index contributed by atoms with van der Waals surface area (Å²) in [5.41, 5.74) is 0.424. The molecule has 0 amide bonds. The standard InChI is InChI=1S/C17H22FNO2.ClH/c18-15-8-6-13(7-9-15)17(20)21-12-14-4-3-11-19-10-2-1-5-16(14)19;/h6-9,14,16H,1-5,10-12H2;1H/p-1. The van der Waals surface area contributed by atoms with Crippen molar-refractivity contribution in [3.63, 3.8) is 0 Å². The summed E-state index contributed by atoms with van der Waals surface area (Å²) < 4.78 is 18.3. The second kappa shape index (κ2) is 7.93. The van der Waals surface area contributed by atoms with E-state index in [1.54, 1.807) is 0 Å². The third-order valence-electron chi connectivity index (χ3n) is 4.74. The molecule has 1 aromatic carbocycles. The third kappa shape index (κ3) is 3.99. The van der Waals surface area contributed by atoms with Gasteiger partial charge in [0.2, 0.25) is 0 Å². The highest BCUT2D eigenvalue weighted by Crippen LogP contribution is 2.31. The fraction of sp³-hybridized carbons (Fsp3) is 0.588. The van der Waals surface area contributed by atoms with E-state index in [4.69, 9.17) is 4.74 Å². The maximum Gasteiger partial charge on any atom is 0.338 e. The van der Waals surface area contributed by atoms with E-state index in [1.165, 1.54) is 63.0 Å². The van der Waals surface area contributed by atoms with Crippen molar-refractivity contribution in [1.29, 1.82) is 0 Å². The van der Waals surface area contributed by atoms with Crippen molar-refractivity contribution < 1.29 is 26.3 Å². The van der Waals surface area contributed by atoms with Crippen molar-refractivity contribution in [2.75, 3.05) is 19.7 Å². The first-order valence-corrected chi connectivity index (χ1v) is 7.91. The first kappa shape index (κ1) is 17.2. The van der Waals surface area contributed by atoms with Crippen LogP contribution in [0.25, 0.3) is 0 Å². The van der Waals surface area contributed by atoms with Crippen LogP contribution in [0.3, 0.4) is 0 Å². The van der Waals surface area contributed by atoms with Crippen LogP contribution in [0.1, 0.15) is 42.5 Å². The van der Waals surface area contributed by atoms with Gasteiger partial charge in [-0.15, -0.1) is 0 Å². The zero-order valence-corrected chi connectivity index (χ0v) is 13.4. The van der Waals surface area contributed by atoms with Crippen LogP contribution in [-0.4, -0.2) is 36.6 Å². The number of hydrogen-bond acceptors (Lipinski definition) is 3. The molecule has 122 valence electrons. The van der Waals surface area contributed by atoms with Gasteiger partial charge in [-0.3, -0.25) is 4.90 Å². The highest BCUT2D eigenvalue weighted by Gasteiger charge is 2.33. The number of nitrogens with zero attached hydrogens (tertiary/aromatic N) is 1. The number of carbonyl (C=O) groups is 1. The Morgan fingerprint density at radius 1 is 1.14 bits per heavy atom. The van der Waals surface area contributed by atoms with Crippen molar-refractivity contribution in [2.45, 2.75) is 38.1 Å². The van der Waals surface area contributed by atoms with Gasteiger partial charge < -0.3 is 17.1 Å². The Morgan fingerprint density at radius 3 is 2.64 bits per heavy atom. The molecule has 2 atom stereocenters. The normalized spacial score (nSPS) is 25.0. The minimum absolute atomic E-state index is 0. The van der Waals surface area contributed by atoms with Gasteiger partial charge in [-0.25, -0.2) is 9.18 Å². The zero-order chi connectivity index (χ0) is 14.7. The molecule has 0 saturated carbocycles. The van der Waals surface area contributed by atoms with Crippen molar-refractivity contribution in [1.82, 2.24) is 4.90 Å². The average Bonchev–Trinajstić information content (AvgIpc) is 2.53. The molecule has 0 aromatic heterocycles. The van der Waals surface area contributed by atoms with E-state index in [2.05, 4.69) is 4.90 Å². The molecule has 2 saturated heterocycles. The minimum Gasteiger partial charge on any atom is -1.00 e. The number of hydrogen-bond donors (Lipinski definition) is 0. The summed E-state index contributed by atoms with van der Waals surface area (Å²) in [5.74, 6) is -0.233. The number of halogens is 2. The highest BCUT2D eigenvalue weighted by molar-refractivity contribution is 5.89. The molecule has 2 aliphatic rings. The molecule has 3 nitrogen and oxygen atoms in total. The average molecular weight is 327 g/mol. The topological polar surface area (TPSA) is 29.5 Å². The van der Waals surface area contributed by atoms with Gasteiger partial charge in [0.25, 0.3) is 0 Å². The number of carbonyl (C=O) groups excluding carboxylic acids is 1. The number of esters is 1. The van der Waals surface area contributed by atoms with Crippen LogP contribution in [0.2, 0.25) is 0 Å². The number of piperidine rings is 2. The summed E-state index contributed by atoms with van der Waals surface area (Å²) in [5, 5.41) is 0. The van der Waals surface area contributed by atoms with Gasteiger partial charge in [0.1, 0.15) is 5.82 Å². The van der Waals surface area contributed by atoms with Crippen molar-refractivity contribution in [2.24, 2.45) is 5.92 Å². The lowest BCUT2D eigenvalue weighted by Crippen LogP contribution is -3.00. The molecule has 0 spiro atoms. The lowest BCUT2D eigenvalue weighted by Gasteiger charge is -2.44. The summed E-state index contributed by atoms with van der Waals surface area (Å²) in [6.07, 6.45) is 6.12. The Morgan fingerprint density at radius 2 is 1.86 bits per heavy atom. The van der Waals surface area contributed by atoms with Gasteiger partial charge in [-0.05, 0) is 63.0 Å². The lowest BCUT2D eigenvalue weighted by atomic mass is 9.84. The van der Waals surface area contributed by atoms with Crippen molar-refractivity contribution >= 4 is 5.97 Å². The highest BCUT2D eigenvalue weighted by atomic mass is 35.5. The smallest absolute Gasteiger partial charge is 0.338 e. The lowest BCUT2D eigenvalue weighted by molar-refractivity contribution is -0.0000696. The predicted molar refractivity (Wildman–Crippen MR) is 78.6 cm³/mol. The third-order valence-corrected chi connectivity index (χ3v) is 4.74. The molecular formula is C17H22ClFNO2-. The molecular weight excluding hydrogens is 305 g/mol. The van der Waals surface area contributed by atoms with E-state index in [0.717, 1.165) is 6.42 Å². The SMILES string of the molecule is O=C(OCC1CCCN2CCCCC12)c1ccc(F)cc1.[Cl-]. The van der Waals surface area contributed by atoms with Crippen LogP contribution in [0.4, 0.5) is 4.39 Å². The van der Waals surface area contributed by atoms with Gasteiger partial charge in [0, 0.05) is 12.0 Å². The largest absolute Gasteiger partial charge is 1.00 e. The number of rotatable bonds is 3. The van der Waals surface area contributed by atoms with Crippen LogP contribution in [0.15, 0.2) is 24.3 Å². The van der Waals surface area contributed by atoms with E-state index in [9.17, 15) is 9.18 Å². The molecule has 2 unspecified atom stereocenters. The quantitative estimate of drug-likeness (QED) is 0.746.